The number of halogens is 1. The maximum Gasteiger partial charge on any atom is 0.209 e. The Morgan fingerprint density at radius 2 is 2.19 bits per heavy atom. The van der Waals surface area contributed by atoms with Crippen LogP contribution in [0.2, 0.25) is 5.02 Å². The van der Waals surface area contributed by atoms with Crippen molar-refractivity contribution in [2.45, 2.75) is 32.2 Å². The van der Waals surface area contributed by atoms with E-state index in [-0.39, 0.29) is 0 Å². The number of hydrogen-bond donors (Lipinski definition) is 0. The summed E-state index contributed by atoms with van der Waals surface area (Å²) in [5.41, 5.74) is 1.62. The Morgan fingerprint density at radius 1 is 1.29 bits per heavy atom. The SMILES string of the molecule is Clc1cccc(-c2cnc(CN3CCCC4(CC4)C3)o2)c1. The highest BCUT2D eigenvalue weighted by Gasteiger charge is 2.45. The zero-order valence-corrected chi connectivity index (χ0v) is 12.8. The van der Waals surface area contributed by atoms with Crippen molar-refractivity contribution in [3.8, 4) is 11.3 Å². The van der Waals surface area contributed by atoms with E-state index in [0.29, 0.717) is 5.41 Å². The monoisotopic (exact) mass is 302 g/mol. The third-order valence-electron chi connectivity index (χ3n) is 4.72. The second kappa shape index (κ2) is 5.15. The highest BCUT2D eigenvalue weighted by molar-refractivity contribution is 6.30. The number of likely N-dealkylation sites (tertiary alicyclic amines) is 1. The molecule has 1 aromatic heterocycles. The van der Waals surface area contributed by atoms with E-state index in [9.17, 15) is 0 Å². The van der Waals surface area contributed by atoms with Gasteiger partial charge in [-0.2, -0.15) is 0 Å². The average Bonchev–Trinajstić information content (AvgIpc) is 3.04. The molecule has 2 fully saturated rings. The van der Waals surface area contributed by atoms with Crippen molar-refractivity contribution in [3.63, 3.8) is 0 Å². The fourth-order valence-electron chi connectivity index (χ4n) is 3.38. The molecule has 110 valence electrons. The molecule has 0 atom stereocenters. The molecule has 1 aliphatic heterocycles. The van der Waals surface area contributed by atoms with Gasteiger partial charge in [-0.25, -0.2) is 4.98 Å². The van der Waals surface area contributed by atoms with E-state index < -0.39 is 0 Å². The van der Waals surface area contributed by atoms with Crippen LogP contribution in [0.1, 0.15) is 31.6 Å². The maximum absolute atomic E-state index is 6.03. The number of hydrogen-bond acceptors (Lipinski definition) is 3. The molecule has 1 aromatic carbocycles. The van der Waals surface area contributed by atoms with Gasteiger partial charge < -0.3 is 4.42 Å². The summed E-state index contributed by atoms with van der Waals surface area (Å²) in [5.74, 6) is 1.60. The van der Waals surface area contributed by atoms with E-state index in [1.165, 1.54) is 32.2 Å². The topological polar surface area (TPSA) is 29.3 Å². The molecule has 4 heteroatoms. The number of rotatable bonds is 3. The number of aromatic nitrogens is 1. The van der Waals surface area contributed by atoms with Gasteiger partial charge in [0.25, 0.3) is 0 Å². The molecule has 0 unspecified atom stereocenters. The minimum absolute atomic E-state index is 0.640. The maximum atomic E-state index is 6.03. The van der Waals surface area contributed by atoms with Gasteiger partial charge >= 0.3 is 0 Å². The smallest absolute Gasteiger partial charge is 0.209 e. The van der Waals surface area contributed by atoms with Crippen LogP contribution in [-0.2, 0) is 6.54 Å². The Kier molecular flexibility index (Phi) is 3.27. The molecule has 4 rings (SSSR count). The third kappa shape index (κ3) is 2.85. The largest absolute Gasteiger partial charge is 0.439 e. The molecular weight excluding hydrogens is 284 g/mol. The molecular formula is C17H19ClN2O. The van der Waals surface area contributed by atoms with Gasteiger partial charge in [-0.15, -0.1) is 0 Å². The summed E-state index contributed by atoms with van der Waals surface area (Å²) in [7, 11) is 0. The fourth-order valence-corrected chi connectivity index (χ4v) is 3.57. The first-order chi connectivity index (χ1) is 10.2. The molecule has 0 bridgehead atoms. The normalized spacial score (nSPS) is 20.8. The molecule has 3 nitrogen and oxygen atoms in total. The van der Waals surface area contributed by atoms with Crippen LogP contribution in [0, 0.1) is 5.41 Å². The van der Waals surface area contributed by atoms with E-state index in [2.05, 4.69) is 9.88 Å². The Balaban J connectivity index is 1.47. The molecule has 1 spiro atoms. The van der Waals surface area contributed by atoms with E-state index in [0.717, 1.165) is 35.3 Å². The predicted octanol–water partition coefficient (Wildman–Crippen LogP) is 4.37. The first-order valence-corrected chi connectivity index (χ1v) is 8.03. The minimum atomic E-state index is 0.640. The standard InChI is InChI=1S/C17H19ClN2O/c18-14-4-1-3-13(9-14)15-10-19-16(21-15)11-20-8-2-5-17(12-20)6-7-17/h1,3-4,9-10H,2,5-8,11-12H2. The zero-order valence-electron chi connectivity index (χ0n) is 12.0. The molecule has 0 amide bonds. The van der Waals surface area contributed by atoms with Gasteiger partial charge in [-0.05, 0) is 49.8 Å². The molecule has 1 saturated heterocycles. The fraction of sp³-hybridized carbons (Fsp3) is 0.471. The number of nitrogens with zero attached hydrogens (tertiary/aromatic N) is 2. The van der Waals surface area contributed by atoms with Gasteiger partial charge in [0.05, 0.1) is 12.7 Å². The Morgan fingerprint density at radius 3 is 3.00 bits per heavy atom. The van der Waals surface area contributed by atoms with Crippen LogP contribution in [0.25, 0.3) is 11.3 Å². The predicted molar refractivity (Wildman–Crippen MR) is 83.1 cm³/mol. The van der Waals surface area contributed by atoms with Crippen LogP contribution in [-0.4, -0.2) is 23.0 Å². The van der Waals surface area contributed by atoms with E-state index in [1.54, 1.807) is 6.20 Å². The van der Waals surface area contributed by atoms with Crippen molar-refractivity contribution in [1.29, 1.82) is 0 Å². The highest BCUT2D eigenvalue weighted by Crippen LogP contribution is 2.52. The second-order valence-corrected chi connectivity index (χ2v) is 6.88. The third-order valence-corrected chi connectivity index (χ3v) is 4.95. The molecule has 2 heterocycles. The highest BCUT2D eigenvalue weighted by atomic mass is 35.5. The lowest BCUT2D eigenvalue weighted by molar-refractivity contribution is 0.143. The van der Waals surface area contributed by atoms with Crippen LogP contribution in [0.5, 0.6) is 0 Å². The van der Waals surface area contributed by atoms with Gasteiger partial charge in [0.2, 0.25) is 5.89 Å². The molecule has 1 aliphatic carbocycles. The Hall–Kier alpha value is -1.32. The number of benzene rings is 1. The Labute approximate surface area is 129 Å². The second-order valence-electron chi connectivity index (χ2n) is 6.44. The van der Waals surface area contributed by atoms with Crippen LogP contribution in [0.4, 0.5) is 0 Å². The lowest BCUT2D eigenvalue weighted by Gasteiger charge is -2.31. The van der Waals surface area contributed by atoms with Crippen LogP contribution in [0.15, 0.2) is 34.9 Å². The van der Waals surface area contributed by atoms with Gasteiger partial charge in [0.1, 0.15) is 0 Å². The van der Waals surface area contributed by atoms with Crippen molar-refractivity contribution in [1.82, 2.24) is 9.88 Å². The van der Waals surface area contributed by atoms with Crippen molar-refractivity contribution in [2.75, 3.05) is 13.1 Å². The lowest BCUT2D eigenvalue weighted by Crippen LogP contribution is -2.35. The zero-order chi connectivity index (χ0) is 14.3. The minimum Gasteiger partial charge on any atom is -0.439 e. The van der Waals surface area contributed by atoms with Gasteiger partial charge in [0, 0.05) is 17.1 Å². The summed E-state index contributed by atoms with van der Waals surface area (Å²) in [6, 6.07) is 7.70. The molecule has 21 heavy (non-hydrogen) atoms. The van der Waals surface area contributed by atoms with Crippen LogP contribution >= 0.6 is 11.6 Å². The van der Waals surface area contributed by atoms with E-state index >= 15 is 0 Å². The van der Waals surface area contributed by atoms with Crippen LogP contribution in [0.3, 0.4) is 0 Å². The first-order valence-electron chi connectivity index (χ1n) is 7.66. The van der Waals surface area contributed by atoms with Crippen LogP contribution < -0.4 is 0 Å². The summed E-state index contributed by atoms with van der Waals surface area (Å²) < 4.78 is 5.90. The quantitative estimate of drug-likeness (QED) is 0.843. The van der Waals surface area contributed by atoms with Gasteiger partial charge in [0.15, 0.2) is 5.76 Å². The van der Waals surface area contributed by atoms with Crippen molar-refractivity contribution in [3.05, 3.63) is 41.4 Å². The Bertz CT molecular complexity index is 648. The van der Waals surface area contributed by atoms with E-state index in [4.69, 9.17) is 16.0 Å². The van der Waals surface area contributed by atoms with Crippen molar-refractivity contribution < 1.29 is 4.42 Å². The molecule has 0 N–H and O–H groups in total. The first kappa shape index (κ1) is 13.4. The summed E-state index contributed by atoms with van der Waals surface area (Å²) in [4.78, 5) is 6.92. The summed E-state index contributed by atoms with van der Waals surface area (Å²) in [5, 5.41) is 0.720. The van der Waals surface area contributed by atoms with Crippen molar-refractivity contribution >= 4 is 11.6 Å². The average molecular weight is 303 g/mol. The number of oxazole rings is 1. The number of piperidine rings is 1. The summed E-state index contributed by atoms with van der Waals surface area (Å²) >= 11 is 6.03. The summed E-state index contributed by atoms with van der Waals surface area (Å²) in [6.45, 7) is 3.20. The summed E-state index contributed by atoms with van der Waals surface area (Å²) in [6.07, 6.45) is 7.33. The van der Waals surface area contributed by atoms with Gasteiger partial charge in [-0.3, -0.25) is 4.90 Å². The molecule has 2 aliphatic rings. The molecule has 0 radical (unpaired) electrons. The van der Waals surface area contributed by atoms with Crippen molar-refractivity contribution in [2.24, 2.45) is 5.41 Å². The molecule has 2 aromatic rings. The van der Waals surface area contributed by atoms with Gasteiger partial charge in [-0.1, -0.05) is 23.7 Å². The van der Waals surface area contributed by atoms with E-state index in [1.807, 2.05) is 24.3 Å². The lowest BCUT2D eigenvalue weighted by atomic mass is 9.95. The molecule has 1 saturated carbocycles.